The molecule has 3 aromatic rings. The van der Waals surface area contributed by atoms with E-state index in [-0.39, 0.29) is 17.6 Å². The number of carbonyl (C=O) groups excluding carboxylic acids is 2. The highest BCUT2D eigenvalue weighted by Crippen LogP contribution is 2.31. The van der Waals surface area contributed by atoms with Gasteiger partial charge < -0.3 is 19.1 Å². The second-order valence-corrected chi connectivity index (χ2v) is 10.3. The maximum Gasteiger partial charge on any atom is 0.410 e. The molecule has 1 amide bonds. The largest absolute Gasteiger partial charge is 0.501 e. The molecule has 1 atom stereocenters. The van der Waals surface area contributed by atoms with Crippen molar-refractivity contribution in [1.29, 1.82) is 0 Å². The average molecular weight is 524 g/mol. The van der Waals surface area contributed by atoms with Crippen LogP contribution in [0.25, 0.3) is 22.7 Å². The number of amides is 1. The van der Waals surface area contributed by atoms with Gasteiger partial charge in [-0.25, -0.2) is 18.7 Å². The molecule has 1 fully saturated rings. The van der Waals surface area contributed by atoms with E-state index in [1.807, 2.05) is 52.0 Å². The van der Waals surface area contributed by atoms with E-state index in [1.165, 1.54) is 19.4 Å². The quantitative estimate of drug-likeness (QED) is 0.288. The van der Waals surface area contributed by atoms with Crippen molar-refractivity contribution in [2.75, 3.05) is 26.8 Å². The van der Waals surface area contributed by atoms with Crippen molar-refractivity contribution in [3.63, 3.8) is 0 Å². The van der Waals surface area contributed by atoms with Gasteiger partial charge in [-0.2, -0.15) is 5.10 Å². The van der Waals surface area contributed by atoms with Crippen LogP contribution in [0.2, 0.25) is 0 Å². The van der Waals surface area contributed by atoms with E-state index >= 15 is 0 Å². The highest BCUT2D eigenvalue weighted by atomic mass is 19.1. The number of ether oxygens (including phenoxy) is 3. The fourth-order valence-electron chi connectivity index (χ4n) is 4.67. The molecule has 8 nitrogen and oxygen atoms in total. The van der Waals surface area contributed by atoms with Crippen LogP contribution in [0.3, 0.4) is 0 Å². The molecule has 0 saturated carbocycles. The number of methoxy groups -OCH3 is 1. The third kappa shape index (κ3) is 5.98. The molecule has 0 radical (unpaired) electrons. The number of carbonyl (C=O) groups is 2. The molecule has 0 N–H and O–H groups in total. The molecule has 38 heavy (non-hydrogen) atoms. The molecule has 1 aliphatic heterocycles. The Morgan fingerprint density at radius 2 is 1.92 bits per heavy atom. The number of hydrogen-bond acceptors (Lipinski definition) is 6. The van der Waals surface area contributed by atoms with E-state index in [9.17, 15) is 14.0 Å². The number of nitrogens with zero attached hydrogens (tertiary/aromatic N) is 3. The number of esters is 1. The zero-order chi connectivity index (χ0) is 27.4. The van der Waals surface area contributed by atoms with Crippen molar-refractivity contribution in [1.82, 2.24) is 14.7 Å². The van der Waals surface area contributed by atoms with Gasteiger partial charge in [-0.1, -0.05) is 12.1 Å². The van der Waals surface area contributed by atoms with E-state index < -0.39 is 17.4 Å². The molecule has 2 heterocycles. The lowest BCUT2D eigenvalue weighted by atomic mass is 9.90. The smallest absolute Gasteiger partial charge is 0.410 e. The average Bonchev–Trinajstić information content (AvgIpc) is 3.25. The lowest BCUT2D eigenvalue weighted by Gasteiger charge is -2.34. The zero-order valence-corrected chi connectivity index (χ0v) is 22.5. The van der Waals surface area contributed by atoms with Crippen LogP contribution in [0.4, 0.5) is 9.18 Å². The van der Waals surface area contributed by atoms with Crippen LogP contribution in [0.5, 0.6) is 0 Å². The maximum atomic E-state index is 14.3. The van der Waals surface area contributed by atoms with E-state index in [1.54, 1.807) is 15.7 Å². The van der Waals surface area contributed by atoms with Crippen molar-refractivity contribution >= 4 is 29.0 Å². The maximum absolute atomic E-state index is 14.3. The number of piperidine rings is 1. The summed E-state index contributed by atoms with van der Waals surface area (Å²) in [5, 5.41) is 5.07. The number of likely N-dealkylation sites (tertiary alicyclic amines) is 1. The first-order valence-corrected chi connectivity index (χ1v) is 12.8. The first-order chi connectivity index (χ1) is 18.1. The molecule has 1 unspecified atom stereocenters. The van der Waals surface area contributed by atoms with Crippen LogP contribution >= 0.6 is 0 Å². The molecule has 0 spiro atoms. The summed E-state index contributed by atoms with van der Waals surface area (Å²) in [7, 11) is 1.26. The molecular weight excluding hydrogens is 489 g/mol. The second kappa shape index (κ2) is 11.2. The summed E-state index contributed by atoms with van der Waals surface area (Å²) in [5.41, 5.74) is 2.28. The van der Waals surface area contributed by atoms with Gasteiger partial charge >= 0.3 is 12.1 Å². The predicted octanol–water partition coefficient (Wildman–Crippen LogP) is 6.07. The molecule has 0 aliphatic carbocycles. The molecular formula is C29H34FN3O5. The highest BCUT2D eigenvalue weighted by molar-refractivity contribution is 6.06. The van der Waals surface area contributed by atoms with E-state index in [2.05, 4.69) is 5.10 Å². The third-order valence-corrected chi connectivity index (χ3v) is 6.35. The Labute approximate surface area is 222 Å². The number of rotatable bonds is 6. The number of benzene rings is 2. The van der Waals surface area contributed by atoms with Crippen molar-refractivity contribution < 1.29 is 28.2 Å². The molecule has 1 saturated heterocycles. The first-order valence-electron chi connectivity index (χ1n) is 12.8. The predicted molar refractivity (Wildman–Crippen MR) is 143 cm³/mol. The van der Waals surface area contributed by atoms with Gasteiger partial charge in [-0.15, -0.1) is 0 Å². The summed E-state index contributed by atoms with van der Waals surface area (Å²) in [5.74, 6) is -1.05. The van der Waals surface area contributed by atoms with Crippen LogP contribution < -0.4 is 0 Å². The van der Waals surface area contributed by atoms with Gasteiger partial charge in [0.15, 0.2) is 0 Å². The summed E-state index contributed by atoms with van der Waals surface area (Å²) < 4.78 is 31.9. The minimum Gasteiger partial charge on any atom is -0.501 e. The van der Waals surface area contributed by atoms with Gasteiger partial charge in [0.05, 0.1) is 42.4 Å². The minimum atomic E-state index is -0.651. The van der Waals surface area contributed by atoms with Crippen molar-refractivity contribution in [2.24, 2.45) is 0 Å². The Hall–Kier alpha value is -3.88. The lowest BCUT2D eigenvalue weighted by Crippen LogP contribution is -2.42. The Morgan fingerprint density at radius 1 is 1.18 bits per heavy atom. The first kappa shape index (κ1) is 27.2. The Balaban J connectivity index is 1.67. The molecule has 2 aromatic carbocycles. The van der Waals surface area contributed by atoms with Crippen molar-refractivity contribution in [2.45, 2.75) is 52.1 Å². The third-order valence-electron chi connectivity index (χ3n) is 6.35. The number of hydrogen-bond donors (Lipinski definition) is 0. The van der Waals surface area contributed by atoms with Crippen LogP contribution in [0, 0.1) is 5.82 Å². The molecule has 9 heteroatoms. The summed E-state index contributed by atoms with van der Waals surface area (Å²) in [4.78, 5) is 26.8. The standard InChI is InChI=1S/C29H34FN3O5/c1-6-37-15-13-25-26-23(27(34)36-5)16-21(30)17-24(26)31-33(25)22-11-9-19(10-12-22)20-8-7-14-32(18-20)28(35)38-29(2,3)4/h9-13,15-17,20H,6-8,14,18H2,1-5H3. The molecule has 1 aromatic heterocycles. The number of aromatic nitrogens is 2. The fourth-order valence-corrected chi connectivity index (χ4v) is 4.67. The van der Waals surface area contributed by atoms with Crippen LogP contribution in [0.15, 0.2) is 42.7 Å². The van der Waals surface area contributed by atoms with Gasteiger partial charge in [0, 0.05) is 30.5 Å². The number of halogens is 1. The summed E-state index contributed by atoms with van der Waals surface area (Å²) >= 11 is 0. The van der Waals surface area contributed by atoms with Gasteiger partial charge in [0.2, 0.25) is 0 Å². The second-order valence-electron chi connectivity index (χ2n) is 10.3. The van der Waals surface area contributed by atoms with Crippen molar-refractivity contribution in [3.05, 3.63) is 65.3 Å². The SMILES string of the molecule is CCOC=Cc1c2c(C(=O)OC)cc(F)cc2nn1-c1ccc(C2CCCN(C(=O)OC(C)(C)C)C2)cc1. The fraction of sp³-hybridized carbons (Fsp3) is 0.414. The van der Waals surface area contributed by atoms with Gasteiger partial charge in [0.25, 0.3) is 0 Å². The summed E-state index contributed by atoms with van der Waals surface area (Å²) in [6.07, 6.45) is 4.80. The minimum absolute atomic E-state index is 0.0889. The normalized spacial score (nSPS) is 16.2. The lowest BCUT2D eigenvalue weighted by molar-refractivity contribution is 0.0198. The Morgan fingerprint density at radius 3 is 2.58 bits per heavy atom. The van der Waals surface area contributed by atoms with Gasteiger partial charge in [-0.3, -0.25) is 0 Å². The Bertz CT molecular complexity index is 1340. The zero-order valence-electron chi connectivity index (χ0n) is 22.5. The van der Waals surface area contributed by atoms with E-state index in [4.69, 9.17) is 14.2 Å². The molecule has 4 rings (SSSR count). The van der Waals surface area contributed by atoms with Crippen molar-refractivity contribution in [3.8, 4) is 5.69 Å². The monoisotopic (exact) mass is 523 g/mol. The van der Waals surface area contributed by atoms with E-state index in [0.29, 0.717) is 36.3 Å². The number of fused-ring (bicyclic) bond motifs is 1. The summed E-state index contributed by atoms with van der Waals surface area (Å²) in [6, 6.07) is 10.3. The van der Waals surface area contributed by atoms with Crippen LogP contribution in [-0.4, -0.2) is 59.2 Å². The van der Waals surface area contributed by atoms with Gasteiger partial charge in [0.1, 0.15) is 11.4 Å². The van der Waals surface area contributed by atoms with Gasteiger partial charge in [-0.05, 0) is 70.4 Å². The van der Waals surface area contributed by atoms with Crippen LogP contribution in [0.1, 0.15) is 68.1 Å². The molecule has 202 valence electrons. The summed E-state index contributed by atoms with van der Waals surface area (Å²) in [6.45, 7) is 9.20. The topological polar surface area (TPSA) is 82.9 Å². The highest BCUT2D eigenvalue weighted by Gasteiger charge is 2.28. The van der Waals surface area contributed by atoms with E-state index in [0.717, 1.165) is 30.2 Å². The molecule has 1 aliphatic rings. The molecule has 0 bridgehead atoms. The Kier molecular flexibility index (Phi) is 8.04. The van der Waals surface area contributed by atoms with Crippen LogP contribution in [-0.2, 0) is 14.2 Å².